The van der Waals surface area contributed by atoms with E-state index in [1.807, 2.05) is 0 Å². The van der Waals surface area contributed by atoms with Crippen LogP contribution in [0.1, 0.15) is 65.7 Å². The quantitative estimate of drug-likeness (QED) is 0.569. The first-order valence-electron chi connectivity index (χ1n) is 7.03. The molecule has 0 aliphatic heterocycles. The van der Waals surface area contributed by atoms with E-state index in [0.717, 1.165) is 18.9 Å². The summed E-state index contributed by atoms with van der Waals surface area (Å²) in [7, 11) is 0. The van der Waals surface area contributed by atoms with E-state index in [1.165, 1.54) is 44.1 Å². The molecule has 1 nitrogen and oxygen atoms in total. The lowest BCUT2D eigenvalue weighted by Crippen LogP contribution is -2.20. The molecule has 0 fully saturated rings. The van der Waals surface area contributed by atoms with Gasteiger partial charge in [0.2, 0.25) is 0 Å². The van der Waals surface area contributed by atoms with E-state index >= 15 is 0 Å². The van der Waals surface area contributed by atoms with E-state index < -0.39 is 0 Å². The number of hydrogen-bond acceptors (Lipinski definition) is 1. The molecule has 0 heterocycles. The van der Waals surface area contributed by atoms with Gasteiger partial charge in [0.15, 0.2) is 0 Å². The maximum absolute atomic E-state index is 6.04. The van der Waals surface area contributed by atoms with Crippen molar-refractivity contribution in [2.24, 2.45) is 5.92 Å². The fourth-order valence-electron chi connectivity index (χ4n) is 2.26. The first kappa shape index (κ1) is 13.8. The summed E-state index contributed by atoms with van der Waals surface area (Å²) in [6.07, 6.45) is 11.7. The van der Waals surface area contributed by atoms with Gasteiger partial charge in [0, 0.05) is 6.61 Å². The van der Waals surface area contributed by atoms with Gasteiger partial charge in [0.25, 0.3) is 0 Å². The molecule has 0 aromatic carbocycles. The molecule has 0 bridgehead atoms. The molecule has 1 heteroatoms. The fourth-order valence-corrected chi connectivity index (χ4v) is 2.26. The standard InChI is InChI=1S/C15H28O/c1-4-6-7-14(5-2)12-16-15-10-8-13(3)9-11-15/h8,14-15H,4-7,9-12H2,1-3H3. The van der Waals surface area contributed by atoms with Gasteiger partial charge < -0.3 is 4.74 Å². The highest BCUT2D eigenvalue weighted by Crippen LogP contribution is 2.22. The molecule has 1 rings (SSSR count). The molecule has 94 valence electrons. The molecule has 1 aliphatic carbocycles. The Balaban J connectivity index is 2.17. The van der Waals surface area contributed by atoms with E-state index in [9.17, 15) is 0 Å². The molecule has 0 aromatic heterocycles. The van der Waals surface area contributed by atoms with Crippen LogP contribution in [0.4, 0.5) is 0 Å². The van der Waals surface area contributed by atoms with Crippen molar-refractivity contribution in [1.82, 2.24) is 0 Å². The number of ether oxygens (including phenoxy) is 1. The van der Waals surface area contributed by atoms with Crippen molar-refractivity contribution < 1.29 is 4.74 Å². The summed E-state index contributed by atoms with van der Waals surface area (Å²) in [6, 6.07) is 0. The van der Waals surface area contributed by atoms with Crippen LogP contribution in [0.15, 0.2) is 11.6 Å². The Kier molecular flexibility index (Phi) is 6.79. The van der Waals surface area contributed by atoms with Crippen molar-refractivity contribution in [3.05, 3.63) is 11.6 Å². The SMILES string of the molecule is CCCCC(CC)COC1CC=C(C)CC1. The van der Waals surface area contributed by atoms with Gasteiger partial charge in [-0.05, 0) is 38.5 Å². The molecule has 0 saturated carbocycles. The normalized spacial score (nSPS) is 22.9. The minimum absolute atomic E-state index is 0.499. The second-order valence-electron chi connectivity index (χ2n) is 5.20. The van der Waals surface area contributed by atoms with Gasteiger partial charge in [-0.15, -0.1) is 0 Å². The highest BCUT2D eigenvalue weighted by atomic mass is 16.5. The molecule has 2 unspecified atom stereocenters. The summed E-state index contributed by atoms with van der Waals surface area (Å²) in [6.45, 7) is 7.76. The van der Waals surface area contributed by atoms with E-state index in [1.54, 1.807) is 0 Å². The summed E-state index contributed by atoms with van der Waals surface area (Å²) in [5.74, 6) is 0.784. The second-order valence-corrected chi connectivity index (χ2v) is 5.20. The fraction of sp³-hybridized carbons (Fsp3) is 0.867. The van der Waals surface area contributed by atoms with Gasteiger partial charge in [-0.25, -0.2) is 0 Å². The van der Waals surface area contributed by atoms with Crippen LogP contribution in [-0.2, 0) is 4.74 Å². The molecule has 16 heavy (non-hydrogen) atoms. The first-order valence-corrected chi connectivity index (χ1v) is 7.03. The Morgan fingerprint density at radius 3 is 2.81 bits per heavy atom. The monoisotopic (exact) mass is 224 g/mol. The Morgan fingerprint density at radius 1 is 1.44 bits per heavy atom. The second kappa shape index (κ2) is 7.89. The van der Waals surface area contributed by atoms with Crippen molar-refractivity contribution in [3.63, 3.8) is 0 Å². The van der Waals surface area contributed by atoms with E-state index in [-0.39, 0.29) is 0 Å². The number of unbranched alkanes of at least 4 members (excludes halogenated alkanes) is 1. The van der Waals surface area contributed by atoms with Crippen LogP contribution < -0.4 is 0 Å². The van der Waals surface area contributed by atoms with Crippen LogP contribution in [-0.4, -0.2) is 12.7 Å². The van der Waals surface area contributed by atoms with E-state index in [0.29, 0.717) is 6.10 Å². The summed E-state index contributed by atoms with van der Waals surface area (Å²) in [5.41, 5.74) is 1.54. The third-order valence-corrected chi connectivity index (χ3v) is 3.70. The molecule has 0 aromatic rings. The average molecular weight is 224 g/mol. The van der Waals surface area contributed by atoms with Crippen LogP contribution >= 0.6 is 0 Å². The molecule has 0 amide bonds. The molecule has 0 N–H and O–H groups in total. The minimum Gasteiger partial charge on any atom is -0.378 e. The van der Waals surface area contributed by atoms with Crippen LogP contribution in [0.5, 0.6) is 0 Å². The lowest BCUT2D eigenvalue weighted by molar-refractivity contribution is 0.0204. The lowest BCUT2D eigenvalue weighted by Gasteiger charge is -2.23. The number of allylic oxidation sites excluding steroid dienone is 1. The van der Waals surface area contributed by atoms with Gasteiger partial charge in [-0.3, -0.25) is 0 Å². The topological polar surface area (TPSA) is 9.23 Å². The first-order chi connectivity index (χ1) is 7.76. The van der Waals surface area contributed by atoms with Crippen molar-refractivity contribution in [3.8, 4) is 0 Å². The third kappa shape index (κ3) is 5.16. The molecule has 2 atom stereocenters. The zero-order chi connectivity index (χ0) is 11.8. The Hall–Kier alpha value is -0.300. The minimum atomic E-state index is 0.499. The predicted octanol–water partition coefficient (Wildman–Crippen LogP) is 4.72. The van der Waals surface area contributed by atoms with Gasteiger partial charge in [-0.2, -0.15) is 0 Å². The van der Waals surface area contributed by atoms with Crippen molar-refractivity contribution >= 4 is 0 Å². The molecule has 0 radical (unpaired) electrons. The zero-order valence-corrected chi connectivity index (χ0v) is 11.3. The molecule has 1 aliphatic rings. The van der Waals surface area contributed by atoms with Crippen LogP contribution in [0.2, 0.25) is 0 Å². The molecular formula is C15H28O. The van der Waals surface area contributed by atoms with E-state index in [4.69, 9.17) is 4.74 Å². The number of rotatable bonds is 7. The summed E-state index contributed by atoms with van der Waals surface area (Å²) < 4.78 is 6.04. The van der Waals surface area contributed by atoms with Crippen LogP contribution in [0.3, 0.4) is 0 Å². The Morgan fingerprint density at radius 2 is 2.25 bits per heavy atom. The van der Waals surface area contributed by atoms with E-state index in [2.05, 4.69) is 26.8 Å². The van der Waals surface area contributed by atoms with Gasteiger partial charge >= 0.3 is 0 Å². The van der Waals surface area contributed by atoms with Crippen molar-refractivity contribution in [1.29, 1.82) is 0 Å². The smallest absolute Gasteiger partial charge is 0.0612 e. The Labute approximate surface area is 101 Å². The van der Waals surface area contributed by atoms with Crippen molar-refractivity contribution in [2.45, 2.75) is 71.8 Å². The maximum atomic E-state index is 6.04. The summed E-state index contributed by atoms with van der Waals surface area (Å²) >= 11 is 0. The highest BCUT2D eigenvalue weighted by Gasteiger charge is 2.15. The van der Waals surface area contributed by atoms with Gasteiger partial charge in [0.05, 0.1) is 6.10 Å². The van der Waals surface area contributed by atoms with Gasteiger partial charge in [-0.1, -0.05) is 44.8 Å². The van der Waals surface area contributed by atoms with Gasteiger partial charge in [0.1, 0.15) is 0 Å². The molecule has 0 saturated heterocycles. The average Bonchev–Trinajstić information content (AvgIpc) is 2.32. The maximum Gasteiger partial charge on any atom is 0.0612 e. The third-order valence-electron chi connectivity index (χ3n) is 3.70. The predicted molar refractivity (Wildman–Crippen MR) is 70.7 cm³/mol. The summed E-state index contributed by atoms with van der Waals surface area (Å²) in [4.78, 5) is 0. The summed E-state index contributed by atoms with van der Waals surface area (Å²) in [5, 5.41) is 0. The number of hydrogen-bond donors (Lipinski definition) is 0. The van der Waals surface area contributed by atoms with Crippen LogP contribution in [0.25, 0.3) is 0 Å². The molecule has 0 spiro atoms. The Bertz CT molecular complexity index is 207. The highest BCUT2D eigenvalue weighted by molar-refractivity contribution is 5.03. The van der Waals surface area contributed by atoms with Crippen LogP contribution in [0, 0.1) is 5.92 Å². The lowest BCUT2D eigenvalue weighted by atomic mass is 9.97. The largest absolute Gasteiger partial charge is 0.378 e. The van der Waals surface area contributed by atoms with Crippen molar-refractivity contribution in [2.75, 3.05) is 6.61 Å². The molecular weight excluding hydrogens is 196 g/mol. The zero-order valence-electron chi connectivity index (χ0n) is 11.3.